The molecule has 0 aromatic rings. The van der Waals surface area contributed by atoms with Gasteiger partial charge in [-0.05, 0) is 0 Å². The molecule has 0 saturated carbocycles. The molecule has 0 saturated heterocycles. The number of carboxylic acids is 2. The van der Waals surface area contributed by atoms with Gasteiger partial charge in [-0.25, -0.2) is 14.0 Å². The molecule has 6 nitrogen and oxygen atoms in total. The zero-order valence-corrected chi connectivity index (χ0v) is 6.61. The fourth-order valence-corrected chi connectivity index (χ4v) is 0.0572. The number of rotatable bonds is 3. The number of carbonyl (C=O) groups is 4. The van der Waals surface area contributed by atoms with Crippen molar-refractivity contribution in [1.29, 1.82) is 0 Å². The Kier molecular flexibility index (Phi) is 7.30. The van der Waals surface area contributed by atoms with Gasteiger partial charge < -0.3 is 10.2 Å². The van der Waals surface area contributed by atoms with Crippen LogP contribution in [0.5, 0.6) is 0 Å². The van der Waals surface area contributed by atoms with E-state index in [1.807, 2.05) is 0 Å². The maximum absolute atomic E-state index is 10.9. The predicted octanol–water partition coefficient (Wildman–Crippen LogP) is -0.730. The molecular weight excluding hydrogens is 187 g/mol. The lowest BCUT2D eigenvalue weighted by molar-refractivity contribution is -0.149. The lowest BCUT2D eigenvalue weighted by Crippen LogP contribution is -2.13. The van der Waals surface area contributed by atoms with Gasteiger partial charge in [0.2, 0.25) is 5.78 Å². The second kappa shape index (κ2) is 6.89. The first kappa shape index (κ1) is 13.8. The van der Waals surface area contributed by atoms with E-state index in [9.17, 15) is 23.6 Å². The van der Waals surface area contributed by atoms with Crippen LogP contribution in [0.25, 0.3) is 0 Å². The molecule has 13 heavy (non-hydrogen) atoms. The van der Waals surface area contributed by atoms with E-state index in [1.165, 1.54) is 0 Å². The molecule has 0 fully saturated rings. The summed E-state index contributed by atoms with van der Waals surface area (Å²) in [6.45, 7) is -0.419. The summed E-state index contributed by atoms with van der Waals surface area (Å²) in [6.07, 6.45) is 0. The Bertz CT molecular complexity index is 221. The van der Waals surface area contributed by atoms with Gasteiger partial charge in [-0.15, -0.1) is 0 Å². The summed E-state index contributed by atoms with van der Waals surface area (Å²) in [5, 5.41) is 15.2. The molecule has 0 spiro atoms. The van der Waals surface area contributed by atoms with Crippen molar-refractivity contribution in [3.05, 3.63) is 0 Å². The molecule has 7 heteroatoms. The highest BCUT2D eigenvalue weighted by molar-refractivity contribution is 6.33. The van der Waals surface area contributed by atoms with Gasteiger partial charge in [0.05, 0.1) is 0 Å². The molecule has 0 bridgehead atoms. The Labute approximate surface area is 72.0 Å². The molecule has 2 N–H and O–H groups in total. The number of carbonyl (C=O) groups excluding carboxylic acids is 2. The van der Waals surface area contributed by atoms with Gasteiger partial charge in [-0.2, -0.15) is 0 Å². The summed E-state index contributed by atoms with van der Waals surface area (Å²) < 4.78 is 10.9. The van der Waals surface area contributed by atoms with Gasteiger partial charge in [-0.3, -0.25) is 9.59 Å². The molecule has 0 aliphatic rings. The maximum Gasteiger partial charge on any atom is 0.375 e. The van der Waals surface area contributed by atoms with Crippen LogP contribution < -0.4 is 0 Å². The fraction of sp³-hybridized carbons (Fsp3) is 0.333. The Balaban J connectivity index is 0. The van der Waals surface area contributed by atoms with Crippen molar-refractivity contribution >= 4 is 23.5 Å². The number of halogens is 1. The molecule has 0 aliphatic heterocycles. The molecule has 0 heterocycles. The van der Waals surface area contributed by atoms with Crippen molar-refractivity contribution in [2.75, 3.05) is 6.67 Å². The number of hydrogen-bond donors (Lipinski definition) is 2. The molecule has 0 aliphatic carbocycles. The van der Waals surface area contributed by atoms with Crippen LogP contribution in [0.4, 0.5) is 4.39 Å². The predicted molar refractivity (Wildman–Crippen MR) is 36.9 cm³/mol. The van der Waals surface area contributed by atoms with Crippen LogP contribution in [0.3, 0.4) is 0 Å². The number of hydrogen-bond acceptors (Lipinski definition) is 4. The summed E-state index contributed by atoms with van der Waals surface area (Å²) in [4.78, 5) is 37.8. The van der Waals surface area contributed by atoms with Crippen LogP contribution in [0.2, 0.25) is 0 Å². The summed E-state index contributed by atoms with van der Waals surface area (Å²) >= 11 is 0. The third kappa shape index (κ3) is 10.2. The average Bonchev–Trinajstić information content (AvgIpc) is 2.03. The number of Topliss-reactive ketones (excluding diaryl/α,β-unsaturated/α-hetero) is 2. The van der Waals surface area contributed by atoms with Crippen molar-refractivity contribution in [3.8, 4) is 0 Å². The molecule has 0 atom stereocenters. The van der Waals surface area contributed by atoms with E-state index in [-0.39, 0.29) is 0 Å². The normalized spacial score (nSPS) is 7.85. The number of aliphatic carboxylic acids is 2. The largest absolute Gasteiger partial charge is 0.476 e. The second-order valence-electron chi connectivity index (χ2n) is 1.72. The summed E-state index contributed by atoms with van der Waals surface area (Å²) in [5.74, 6) is -5.33. The van der Waals surface area contributed by atoms with E-state index in [2.05, 4.69) is 0 Å². The van der Waals surface area contributed by atoms with Crippen LogP contribution in [0, 0.1) is 0 Å². The first-order chi connectivity index (χ1) is 5.82. The third-order valence-electron chi connectivity index (χ3n) is 0.661. The Morgan fingerprint density at radius 2 is 1.38 bits per heavy atom. The van der Waals surface area contributed by atoms with Gasteiger partial charge in [0.15, 0.2) is 6.67 Å². The van der Waals surface area contributed by atoms with E-state index in [0.717, 1.165) is 6.92 Å². The Morgan fingerprint density at radius 1 is 1.08 bits per heavy atom. The van der Waals surface area contributed by atoms with Gasteiger partial charge in [0.25, 0.3) is 5.78 Å². The smallest absolute Gasteiger partial charge is 0.375 e. The SMILES string of the molecule is CC(=O)C(=O)O.O=C(O)C(=O)CF. The van der Waals surface area contributed by atoms with E-state index in [0.29, 0.717) is 0 Å². The van der Waals surface area contributed by atoms with Crippen molar-refractivity contribution in [1.82, 2.24) is 0 Å². The van der Waals surface area contributed by atoms with E-state index < -0.39 is 30.2 Å². The molecule has 0 aromatic carbocycles. The van der Waals surface area contributed by atoms with E-state index in [1.54, 1.807) is 0 Å². The highest BCUT2D eigenvalue weighted by atomic mass is 19.1. The van der Waals surface area contributed by atoms with Gasteiger partial charge >= 0.3 is 11.9 Å². The van der Waals surface area contributed by atoms with Crippen LogP contribution in [0.1, 0.15) is 6.92 Å². The third-order valence-corrected chi connectivity index (χ3v) is 0.661. The summed E-state index contributed by atoms with van der Waals surface area (Å²) in [6, 6.07) is 0. The molecular formula is C6H7FO6. The van der Waals surface area contributed by atoms with Crippen molar-refractivity contribution in [2.24, 2.45) is 0 Å². The number of alkyl halides is 1. The highest BCUT2D eigenvalue weighted by Gasteiger charge is 2.08. The molecule has 0 rings (SSSR count). The number of carboxylic acid groups (broad SMARTS) is 2. The minimum absolute atomic E-state index is 0.824. The molecule has 74 valence electrons. The van der Waals surface area contributed by atoms with E-state index >= 15 is 0 Å². The highest BCUT2D eigenvalue weighted by Crippen LogP contribution is 1.71. The average molecular weight is 194 g/mol. The fourth-order valence-electron chi connectivity index (χ4n) is 0.0572. The van der Waals surface area contributed by atoms with Crippen LogP contribution in [-0.4, -0.2) is 40.4 Å². The zero-order valence-electron chi connectivity index (χ0n) is 6.61. The van der Waals surface area contributed by atoms with Gasteiger partial charge in [0.1, 0.15) is 0 Å². The Hall–Kier alpha value is -1.79. The van der Waals surface area contributed by atoms with E-state index in [4.69, 9.17) is 10.2 Å². The van der Waals surface area contributed by atoms with Crippen molar-refractivity contribution in [2.45, 2.75) is 6.92 Å². The monoisotopic (exact) mass is 194 g/mol. The Morgan fingerprint density at radius 3 is 1.38 bits per heavy atom. The molecule has 0 radical (unpaired) electrons. The quantitative estimate of drug-likeness (QED) is 0.573. The van der Waals surface area contributed by atoms with Crippen LogP contribution in [0.15, 0.2) is 0 Å². The zero-order chi connectivity index (χ0) is 11.0. The summed E-state index contributed by atoms with van der Waals surface area (Å²) in [7, 11) is 0. The van der Waals surface area contributed by atoms with Crippen molar-refractivity contribution in [3.63, 3.8) is 0 Å². The topological polar surface area (TPSA) is 109 Å². The second-order valence-corrected chi connectivity index (χ2v) is 1.72. The van der Waals surface area contributed by atoms with Gasteiger partial charge in [0, 0.05) is 6.92 Å². The lowest BCUT2D eigenvalue weighted by Gasteiger charge is -1.78. The lowest BCUT2D eigenvalue weighted by atomic mass is 10.5. The molecule has 0 amide bonds. The maximum atomic E-state index is 10.9. The summed E-state index contributed by atoms with van der Waals surface area (Å²) in [5.41, 5.74) is 0. The first-order valence-electron chi connectivity index (χ1n) is 2.88. The molecule has 0 unspecified atom stereocenters. The van der Waals surface area contributed by atoms with Crippen LogP contribution >= 0.6 is 0 Å². The minimum Gasteiger partial charge on any atom is -0.476 e. The standard InChI is InChI=1S/C3H3FO3.C3H4O3/c4-1-2(5)3(6)7;1-2(4)3(5)6/h1H2,(H,6,7);1H3,(H,5,6). The van der Waals surface area contributed by atoms with Crippen LogP contribution in [-0.2, 0) is 19.2 Å². The number of ketones is 2. The minimum atomic E-state index is -1.72. The first-order valence-corrected chi connectivity index (χ1v) is 2.88. The van der Waals surface area contributed by atoms with Gasteiger partial charge in [-0.1, -0.05) is 0 Å². The molecule has 0 aromatic heterocycles. The van der Waals surface area contributed by atoms with Crippen molar-refractivity contribution < 1.29 is 33.8 Å².